The summed E-state index contributed by atoms with van der Waals surface area (Å²) in [6.45, 7) is 2.28. The van der Waals surface area contributed by atoms with Crippen LogP contribution in [0.5, 0.6) is 0 Å². The summed E-state index contributed by atoms with van der Waals surface area (Å²) in [6, 6.07) is 10.7. The van der Waals surface area contributed by atoms with Gasteiger partial charge in [0.1, 0.15) is 0 Å². The van der Waals surface area contributed by atoms with E-state index in [9.17, 15) is 0 Å². The van der Waals surface area contributed by atoms with Crippen LogP contribution in [0, 0.1) is 0 Å². The lowest BCUT2D eigenvalue weighted by atomic mass is 10.0. The van der Waals surface area contributed by atoms with Crippen molar-refractivity contribution in [1.82, 2.24) is 0 Å². The van der Waals surface area contributed by atoms with E-state index < -0.39 is 0 Å². The number of benzene rings is 1. The van der Waals surface area contributed by atoms with Crippen molar-refractivity contribution < 1.29 is 0 Å². The highest BCUT2D eigenvalue weighted by Gasteiger charge is 2.04. The molecule has 0 fully saturated rings. The van der Waals surface area contributed by atoms with Crippen molar-refractivity contribution in [2.45, 2.75) is 89.2 Å². The third kappa shape index (κ3) is 10.0. The lowest BCUT2D eigenvalue weighted by Gasteiger charge is -2.10. The van der Waals surface area contributed by atoms with E-state index in [1.54, 1.807) is 0 Å². The van der Waals surface area contributed by atoms with Gasteiger partial charge in [-0.25, -0.2) is 0 Å². The van der Waals surface area contributed by atoms with Gasteiger partial charge in [-0.1, -0.05) is 108 Å². The Kier molecular flexibility index (Phi) is 11.7. The van der Waals surface area contributed by atoms with Gasteiger partial charge in [-0.2, -0.15) is 12.6 Å². The summed E-state index contributed by atoms with van der Waals surface area (Å²) in [4.78, 5) is 0. The van der Waals surface area contributed by atoms with Crippen LogP contribution in [-0.4, -0.2) is 0 Å². The first-order chi connectivity index (χ1) is 10.3. The molecule has 0 aromatic heterocycles. The Morgan fingerprint density at radius 2 is 1.19 bits per heavy atom. The minimum atomic E-state index is 0.421. The lowest BCUT2D eigenvalue weighted by molar-refractivity contribution is 0.543. The molecule has 0 saturated carbocycles. The molecule has 0 heterocycles. The zero-order valence-electron chi connectivity index (χ0n) is 13.9. The van der Waals surface area contributed by atoms with Crippen LogP contribution in [-0.2, 0) is 0 Å². The van der Waals surface area contributed by atoms with E-state index in [1.165, 1.54) is 82.6 Å². The topological polar surface area (TPSA) is 0 Å². The van der Waals surface area contributed by atoms with Crippen molar-refractivity contribution in [1.29, 1.82) is 0 Å². The molecule has 1 aromatic carbocycles. The Morgan fingerprint density at radius 3 is 1.71 bits per heavy atom. The minimum Gasteiger partial charge on any atom is -0.171 e. The third-order valence-corrected chi connectivity index (χ3v) is 4.82. The highest BCUT2D eigenvalue weighted by atomic mass is 32.1. The maximum absolute atomic E-state index is 4.72. The van der Waals surface area contributed by atoms with E-state index in [4.69, 9.17) is 12.6 Å². The number of hydrogen-bond acceptors (Lipinski definition) is 1. The van der Waals surface area contributed by atoms with Gasteiger partial charge in [-0.3, -0.25) is 0 Å². The van der Waals surface area contributed by atoms with E-state index in [2.05, 4.69) is 37.3 Å². The molecule has 1 rings (SSSR count). The van der Waals surface area contributed by atoms with Crippen molar-refractivity contribution in [3.05, 3.63) is 35.9 Å². The predicted molar refractivity (Wildman–Crippen MR) is 99.2 cm³/mol. The smallest absolute Gasteiger partial charge is 0.0267 e. The van der Waals surface area contributed by atoms with E-state index in [0.29, 0.717) is 5.25 Å². The van der Waals surface area contributed by atoms with Crippen molar-refractivity contribution in [2.75, 3.05) is 0 Å². The lowest BCUT2D eigenvalue weighted by Crippen LogP contribution is -1.90. The van der Waals surface area contributed by atoms with E-state index in [-0.39, 0.29) is 0 Å². The fourth-order valence-corrected chi connectivity index (χ4v) is 3.20. The van der Waals surface area contributed by atoms with Crippen molar-refractivity contribution in [3.8, 4) is 0 Å². The van der Waals surface area contributed by atoms with Gasteiger partial charge in [0.05, 0.1) is 0 Å². The van der Waals surface area contributed by atoms with Crippen LogP contribution in [0.4, 0.5) is 0 Å². The van der Waals surface area contributed by atoms with Crippen molar-refractivity contribution in [3.63, 3.8) is 0 Å². The Bertz CT molecular complexity index is 320. The van der Waals surface area contributed by atoms with Crippen LogP contribution in [0.15, 0.2) is 30.3 Å². The standard InChI is InChI=1S/C20H34S/c1-2-3-4-5-6-7-8-9-10-11-15-18-20(21)19-16-13-12-14-17-19/h12-14,16-17,20-21H,2-11,15,18H2,1H3. The quantitative estimate of drug-likeness (QED) is 0.285. The second-order valence-corrected chi connectivity index (χ2v) is 6.87. The Morgan fingerprint density at radius 1 is 0.714 bits per heavy atom. The molecule has 21 heavy (non-hydrogen) atoms. The van der Waals surface area contributed by atoms with Gasteiger partial charge in [0.15, 0.2) is 0 Å². The van der Waals surface area contributed by atoms with Crippen molar-refractivity contribution >= 4 is 12.6 Å². The molecule has 0 amide bonds. The Balaban J connectivity index is 1.86. The molecular formula is C20H34S. The third-order valence-electron chi connectivity index (χ3n) is 4.27. The van der Waals surface area contributed by atoms with Gasteiger partial charge in [-0.05, 0) is 12.0 Å². The summed E-state index contributed by atoms with van der Waals surface area (Å²) in [5.41, 5.74) is 1.37. The fourth-order valence-electron chi connectivity index (χ4n) is 2.84. The largest absolute Gasteiger partial charge is 0.171 e. The monoisotopic (exact) mass is 306 g/mol. The van der Waals surface area contributed by atoms with Crippen molar-refractivity contribution in [2.24, 2.45) is 0 Å². The molecule has 0 aliphatic carbocycles. The molecule has 1 atom stereocenters. The van der Waals surface area contributed by atoms with Gasteiger partial charge in [-0.15, -0.1) is 0 Å². The number of rotatable bonds is 13. The minimum absolute atomic E-state index is 0.421. The van der Waals surface area contributed by atoms with Crippen LogP contribution < -0.4 is 0 Å². The highest BCUT2D eigenvalue weighted by molar-refractivity contribution is 7.80. The molecule has 1 heteroatoms. The van der Waals surface area contributed by atoms with Crippen LogP contribution >= 0.6 is 12.6 Å². The van der Waals surface area contributed by atoms with E-state index in [1.807, 2.05) is 0 Å². The summed E-state index contributed by atoms with van der Waals surface area (Å²) >= 11 is 4.72. The second-order valence-electron chi connectivity index (χ2n) is 6.25. The molecule has 1 unspecified atom stereocenters. The summed E-state index contributed by atoms with van der Waals surface area (Å²) < 4.78 is 0. The Labute approximate surface area is 138 Å². The number of hydrogen-bond donors (Lipinski definition) is 1. The average molecular weight is 307 g/mol. The molecule has 0 radical (unpaired) electrons. The summed E-state index contributed by atoms with van der Waals surface area (Å²) in [5.74, 6) is 0. The first-order valence-electron chi connectivity index (χ1n) is 9.07. The maximum Gasteiger partial charge on any atom is 0.0267 e. The molecule has 0 spiro atoms. The molecule has 0 bridgehead atoms. The normalized spacial score (nSPS) is 12.5. The molecule has 0 aliphatic heterocycles. The SMILES string of the molecule is CCCCCCCCCCCCCC(S)c1ccccc1. The highest BCUT2D eigenvalue weighted by Crippen LogP contribution is 2.26. The molecule has 120 valence electrons. The van der Waals surface area contributed by atoms with Gasteiger partial charge < -0.3 is 0 Å². The second kappa shape index (κ2) is 13.2. The Hall–Kier alpha value is -0.430. The summed E-state index contributed by atoms with van der Waals surface area (Å²) in [6.07, 6.45) is 16.8. The molecule has 0 N–H and O–H groups in total. The van der Waals surface area contributed by atoms with Crippen LogP contribution in [0.2, 0.25) is 0 Å². The molecular weight excluding hydrogens is 272 g/mol. The van der Waals surface area contributed by atoms with E-state index in [0.717, 1.165) is 0 Å². The molecule has 0 saturated heterocycles. The first kappa shape index (κ1) is 18.6. The summed E-state index contributed by atoms with van der Waals surface area (Å²) in [5, 5.41) is 0.421. The van der Waals surface area contributed by atoms with Gasteiger partial charge in [0.25, 0.3) is 0 Å². The zero-order valence-corrected chi connectivity index (χ0v) is 14.8. The number of thiol groups is 1. The summed E-state index contributed by atoms with van der Waals surface area (Å²) in [7, 11) is 0. The van der Waals surface area contributed by atoms with Crippen LogP contribution in [0.3, 0.4) is 0 Å². The predicted octanol–water partition coefficient (Wildman–Crippen LogP) is 7.36. The molecule has 0 aliphatic rings. The van der Waals surface area contributed by atoms with Gasteiger partial charge >= 0.3 is 0 Å². The van der Waals surface area contributed by atoms with Crippen LogP contribution in [0.1, 0.15) is 94.8 Å². The first-order valence-corrected chi connectivity index (χ1v) is 9.59. The fraction of sp³-hybridized carbons (Fsp3) is 0.700. The molecule has 1 aromatic rings. The maximum atomic E-state index is 4.72. The molecule has 0 nitrogen and oxygen atoms in total. The van der Waals surface area contributed by atoms with Gasteiger partial charge in [0.2, 0.25) is 0 Å². The van der Waals surface area contributed by atoms with Crippen LogP contribution in [0.25, 0.3) is 0 Å². The zero-order chi connectivity index (χ0) is 15.2. The average Bonchev–Trinajstić information content (AvgIpc) is 2.53. The number of unbranched alkanes of at least 4 members (excludes halogenated alkanes) is 10. The van der Waals surface area contributed by atoms with Gasteiger partial charge in [0, 0.05) is 5.25 Å². The van der Waals surface area contributed by atoms with E-state index >= 15 is 0 Å².